The van der Waals surface area contributed by atoms with Gasteiger partial charge in [-0.1, -0.05) is 12.1 Å². The van der Waals surface area contributed by atoms with Crippen LogP contribution in [0.4, 0.5) is 5.95 Å². The number of hydrogen-bond acceptors (Lipinski definition) is 6. The molecule has 0 aliphatic carbocycles. The lowest BCUT2D eigenvalue weighted by molar-refractivity contribution is 0.101. The highest BCUT2D eigenvalue weighted by molar-refractivity contribution is 6.01. The zero-order valence-corrected chi connectivity index (χ0v) is 15.7. The van der Waals surface area contributed by atoms with E-state index in [2.05, 4.69) is 20.4 Å². The normalized spacial score (nSPS) is 10.7. The Kier molecular flexibility index (Phi) is 4.98. The topological polar surface area (TPSA) is 94.7 Å². The van der Waals surface area contributed by atoms with Crippen molar-refractivity contribution < 1.29 is 4.79 Å². The van der Waals surface area contributed by atoms with Gasteiger partial charge in [-0.3, -0.25) is 19.1 Å². The van der Waals surface area contributed by atoms with Crippen LogP contribution in [0.25, 0.3) is 16.9 Å². The van der Waals surface area contributed by atoms with Gasteiger partial charge in [-0.05, 0) is 30.3 Å². The van der Waals surface area contributed by atoms with Crippen molar-refractivity contribution in [1.29, 1.82) is 0 Å². The summed E-state index contributed by atoms with van der Waals surface area (Å²) in [6.45, 7) is -0.0155. The van der Waals surface area contributed by atoms with E-state index >= 15 is 0 Å². The molecule has 1 aromatic carbocycles. The van der Waals surface area contributed by atoms with Crippen molar-refractivity contribution in [2.45, 2.75) is 0 Å². The highest BCUT2D eigenvalue weighted by atomic mass is 16.1. The number of nitrogens with one attached hydrogen (secondary N) is 1. The van der Waals surface area contributed by atoms with Gasteiger partial charge in [-0.2, -0.15) is 5.10 Å². The van der Waals surface area contributed by atoms with Crippen LogP contribution in [0.5, 0.6) is 0 Å². The van der Waals surface area contributed by atoms with Gasteiger partial charge < -0.3 is 5.32 Å². The summed E-state index contributed by atoms with van der Waals surface area (Å²) in [6, 6.07) is 14.0. The van der Waals surface area contributed by atoms with Gasteiger partial charge in [0, 0.05) is 49.0 Å². The molecule has 0 amide bonds. The van der Waals surface area contributed by atoms with E-state index < -0.39 is 0 Å². The number of carbonyl (C=O) groups is 1. The maximum atomic E-state index is 12.9. The number of nitrogens with zero attached hydrogens (tertiary/aromatic N) is 5. The standard InChI is InChI=1S/C21H18N6O2/c1-26-20(29)13-17(15-7-10-22-11-8-15)25-21(26)23-14-19(28)16-5-2-3-6-18(16)27-12-4-9-24-27/h2-13H,14H2,1H3,(H,23,25). The van der Waals surface area contributed by atoms with Crippen molar-refractivity contribution >= 4 is 11.7 Å². The first-order chi connectivity index (χ1) is 14.1. The van der Waals surface area contributed by atoms with E-state index in [0.717, 1.165) is 5.56 Å². The molecule has 4 rings (SSSR count). The average Bonchev–Trinajstić information content (AvgIpc) is 3.30. The van der Waals surface area contributed by atoms with E-state index in [1.165, 1.54) is 10.6 Å². The van der Waals surface area contributed by atoms with Crippen LogP contribution in [0.3, 0.4) is 0 Å². The fourth-order valence-corrected chi connectivity index (χ4v) is 2.94. The maximum Gasteiger partial charge on any atom is 0.255 e. The molecule has 4 aromatic rings. The Morgan fingerprint density at radius 2 is 1.86 bits per heavy atom. The summed E-state index contributed by atoms with van der Waals surface area (Å²) in [5, 5.41) is 7.19. The molecule has 3 heterocycles. The molecule has 0 radical (unpaired) electrons. The fraction of sp³-hybridized carbons (Fsp3) is 0.0952. The third kappa shape index (κ3) is 3.81. The number of hydrogen-bond donors (Lipinski definition) is 1. The number of pyridine rings is 1. The smallest absolute Gasteiger partial charge is 0.255 e. The van der Waals surface area contributed by atoms with Crippen molar-refractivity contribution in [3.8, 4) is 16.9 Å². The second-order valence-electron chi connectivity index (χ2n) is 6.34. The highest BCUT2D eigenvalue weighted by Crippen LogP contribution is 2.17. The van der Waals surface area contributed by atoms with Gasteiger partial charge in [-0.25, -0.2) is 9.67 Å². The molecule has 8 nitrogen and oxygen atoms in total. The lowest BCUT2D eigenvalue weighted by Crippen LogP contribution is -2.25. The van der Waals surface area contributed by atoms with Crippen LogP contribution in [0.2, 0.25) is 0 Å². The van der Waals surface area contributed by atoms with Crippen LogP contribution in [-0.4, -0.2) is 36.6 Å². The molecule has 8 heteroatoms. The number of benzene rings is 1. The lowest BCUT2D eigenvalue weighted by atomic mass is 10.1. The number of anilines is 1. The molecule has 3 aromatic heterocycles. The molecule has 29 heavy (non-hydrogen) atoms. The Hall–Kier alpha value is -4.07. The van der Waals surface area contributed by atoms with Crippen LogP contribution in [0, 0.1) is 0 Å². The summed E-state index contributed by atoms with van der Waals surface area (Å²) in [7, 11) is 1.61. The van der Waals surface area contributed by atoms with E-state index in [-0.39, 0.29) is 17.9 Å². The summed E-state index contributed by atoms with van der Waals surface area (Å²) in [4.78, 5) is 33.7. The van der Waals surface area contributed by atoms with Gasteiger partial charge in [0.25, 0.3) is 5.56 Å². The largest absolute Gasteiger partial charge is 0.348 e. The van der Waals surface area contributed by atoms with Gasteiger partial charge in [0.05, 0.1) is 17.9 Å². The molecule has 0 saturated carbocycles. The molecule has 0 spiro atoms. The number of aromatic nitrogens is 5. The Bertz CT molecular complexity index is 1200. The molecular weight excluding hydrogens is 368 g/mol. The highest BCUT2D eigenvalue weighted by Gasteiger charge is 2.14. The average molecular weight is 386 g/mol. The summed E-state index contributed by atoms with van der Waals surface area (Å²) in [6.07, 6.45) is 6.71. The summed E-state index contributed by atoms with van der Waals surface area (Å²) < 4.78 is 3.02. The Labute approximate surface area is 166 Å². The predicted octanol–water partition coefficient (Wildman–Crippen LogP) is 2.32. The van der Waals surface area contributed by atoms with Crippen molar-refractivity contribution in [2.24, 2.45) is 7.05 Å². The number of rotatable bonds is 6. The van der Waals surface area contributed by atoms with Crippen LogP contribution >= 0.6 is 0 Å². The second-order valence-corrected chi connectivity index (χ2v) is 6.34. The van der Waals surface area contributed by atoms with Gasteiger partial charge in [0.2, 0.25) is 5.95 Å². The van der Waals surface area contributed by atoms with Crippen LogP contribution < -0.4 is 10.9 Å². The van der Waals surface area contributed by atoms with Crippen molar-refractivity contribution in [3.63, 3.8) is 0 Å². The van der Waals surface area contributed by atoms with Crippen molar-refractivity contribution in [1.82, 2.24) is 24.3 Å². The van der Waals surface area contributed by atoms with Gasteiger partial charge in [0.1, 0.15) is 0 Å². The molecule has 0 atom stereocenters. The number of ketones is 1. The molecule has 0 aliphatic rings. The molecule has 0 aliphatic heterocycles. The molecule has 144 valence electrons. The van der Waals surface area contributed by atoms with Crippen LogP contribution in [0.15, 0.2) is 78.1 Å². The minimum atomic E-state index is -0.223. The summed E-state index contributed by atoms with van der Waals surface area (Å²) >= 11 is 0. The number of Topliss-reactive ketones (excluding diaryl/α,β-unsaturated/α-hetero) is 1. The zero-order chi connectivity index (χ0) is 20.2. The van der Waals surface area contributed by atoms with Crippen LogP contribution in [-0.2, 0) is 7.05 Å². The van der Waals surface area contributed by atoms with E-state index in [1.807, 2.05) is 12.1 Å². The van der Waals surface area contributed by atoms with E-state index in [9.17, 15) is 9.59 Å². The monoisotopic (exact) mass is 386 g/mol. The molecule has 0 bridgehead atoms. The molecule has 0 fully saturated rings. The Balaban J connectivity index is 1.60. The molecule has 1 N–H and O–H groups in total. The molecule has 0 unspecified atom stereocenters. The molecular formula is C21H18N6O2. The van der Waals surface area contributed by atoms with Gasteiger partial charge in [-0.15, -0.1) is 0 Å². The second kappa shape index (κ2) is 7.89. The minimum Gasteiger partial charge on any atom is -0.348 e. The van der Waals surface area contributed by atoms with E-state index in [1.54, 1.807) is 66.8 Å². The first-order valence-electron chi connectivity index (χ1n) is 8.98. The predicted molar refractivity (Wildman–Crippen MR) is 109 cm³/mol. The molecule has 0 saturated heterocycles. The third-order valence-electron chi connectivity index (χ3n) is 4.47. The van der Waals surface area contributed by atoms with E-state index in [4.69, 9.17) is 0 Å². The summed E-state index contributed by atoms with van der Waals surface area (Å²) in [5.74, 6) is 0.175. The SMILES string of the molecule is Cn1c(NCC(=O)c2ccccc2-n2cccn2)nc(-c2ccncc2)cc1=O. The van der Waals surface area contributed by atoms with Gasteiger partial charge >= 0.3 is 0 Å². The van der Waals surface area contributed by atoms with Crippen molar-refractivity contribution in [3.05, 3.63) is 89.2 Å². The third-order valence-corrected chi connectivity index (χ3v) is 4.47. The number of carbonyl (C=O) groups excluding carboxylic acids is 1. The summed E-state index contributed by atoms with van der Waals surface area (Å²) in [5.41, 5.74) is 2.29. The zero-order valence-electron chi connectivity index (χ0n) is 15.7. The van der Waals surface area contributed by atoms with Crippen molar-refractivity contribution in [2.75, 3.05) is 11.9 Å². The van der Waals surface area contributed by atoms with Crippen LogP contribution in [0.1, 0.15) is 10.4 Å². The van der Waals surface area contributed by atoms with Gasteiger partial charge in [0.15, 0.2) is 5.78 Å². The minimum absolute atomic E-state index is 0.0155. The fourth-order valence-electron chi connectivity index (χ4n) is 2.94. The Morgan fingerprint density at radius 3 is 2.62 bits per heavy atom. The Morgan fingerprint density at radius 1 is 1.07 bits per heavy atom. The van der Waals surface area contributed by atoms with E-state index in [0.29, 0.717) is 22.9 Å². The quantitative estimate of drug-likeness (QED) is 0.511. The maximum absolute atomic E-state index is 12.9. The first kappa shape index (κ1) is 18.3. The lowest BCUT2D eigenvalue weighted by Gasteiger charge is -2.13. The first-order valence-corrected chi connectivity index (χ1v) is 8.98. The number of para-hydroxylation sites is 1.